The first kappa shape index (κ1) is 14.0. The van der Waals surface area contributed by atoms with E-state index in [9.17, 15) is 14.4 Å². The molecule has 0 saturated carbocycles. The topological polar surface area (TPSA) is 83.9 Å². The maximum atomic E-state index is 11.4. The van der Waals surface area contributed by atoms with Gasteiger partial charge in [0.25, 0.3) is 0 Å². The summed E-state index contributed by atoms with van der Waals surface area (Å²) in [5, 5.41) is 8.81. The highest BCUT2D eigenvalue weighted by Crippen LogP contribution is 2.19. The molecule has 0 unspecified atom stereocenters. The van der Waals surface area contributed by atoms with Crippen LogP contribution in [-0.4, -0.2) is 40.9 Å². The summed E-state index contributed by atoms with van der Waals surface area (Å²) in [5.41, 5.74) is 0.569. The number of nitrogens with zero attached hydrogens (tertiary/aromatic N) is 1. The number of rotatable bonds is 6. The molecule has 1 saturated heterocycles. The van der Waals surface area contributed by atoms with Crippen molar-refractivity contribution >= 4 is 17.8 Å². The number of likely N-dealkylation sites (tertiary alicyclic amines) is 1. The molecular formula is C14H15NO5. The number of carbonyl (C=O) groups excluding carboxylic acids is 2. The van der Waals surface area contributed by atoms with Gasteiger partial charge in [0.15, 0.2) is 0 Å². The Morgan fingerprint density at radius 1 is 1.20 bits per heavy atom. The van der Waals surface area contributed by atoms with Crippen LogP contribution in [0.15, 0.2) is 24.3 Å². The van der Waals surface area contributed by atoms with Crippen LogP contribution in [0.2, 0.25) is 0 Å². The highest BCUT2D eigenvalue weighted by atomic mass is 16.5. The normalized spacial score (nSPS) is 14.7. The van der Waals surface area contributed by atoms with Crippen LogP contribution in [0.25, 0.3) is 0 Å². The first-order chi connectivity index (χ1) is 9.58. The van der Waals surface area contributed by atoms with Crippen molar-refractivity contribution in [3.05, 3.63) is 29.8 Å². The molecule has 0 spiro atoms. The van der Waals surface area contributed by atoms with Crippen LogP contribution >= 0.6 is 0 Å². The van der Waals surface area contributed by atoms with Crippen LogP contribution in [-0.2, 0) is 20.8 Å². The molecule has 0 bridgehead atoms. The van der Waals surface area contributed by atoms with Gasteiger partial charge in [0.2, 0.25) is 11.8 Å². The number of ether oxygens (including phenoxy) is 1. The smallest absolute Gasteiger partial charge is 0.307 e. The molecule has 1 heterocycles. The highest BCUT2D eigenvalue weighted by molar-refractivity contribution is 6.01. The van der Waals surface area contributed by atoms with E-state index in [2.05, 4.69) is 0 Å². The van der Waals surface area contributed by atoms with Gasteiger partial charge in [-0.3, -0.25) is 19.3 Å². The minimum Gasteiger partial charge on any atom is -0.491 e. The van der Waals surface area contributed by atoms with Gasteiger partial charge in [-0.05, 0) is 6.07 Å². The minimum atomic E-state index is -0.939. The van der Waals surface area contributed by atoms with E-state index >= 15 is 0 Å². The van der Waals surface area contributed by atoms with Gasteiger partial charge in [0.1, 0.15) is 12.4 Å². The first-order valence-electron chi connectivity index (χ1n) is 6.33. The van der Waals surface area contributed by atoms with Gasteiger partial charge in [-0.2, -0.15) is 0 Å². The molecule has 106 valence electrons. The Morgan fingerprint density at radius 2 is 1.85 bits per heavy atom. The molecule has 1 N–H and O–H groups in total. The van der Waals surface area contributed by atoms with Crippen molar-refractivity contribution in [1.29, 1.82) is 0 Å². The summed E-state index contributed by atoms with van der Waals surface area (Å²) in [6.45, 7) is 0.354. The zero-order chi connectivity index (χ0) is 14.5. The maximum absolute atomic E-state index is 11.4. The Hall–Kier alpha value is -2.37. The van der Waals surface area contributed by atoms with Gasteiger partial charge in [0, 0.05) is 18.4 Å². The van der Waals surface area contributed by atoms with Crippen LogP contribution in [0.1, 0.15) is 18.4 Å². The number of hydrogen-bond acceptors (Lipinski definition) is 4. The molecule has 2 amide bonds. The van der Waals surface area contributed by atoms with Crippen LogP contribution in [0.3, 0.4) is 0 Å². The van der Waals surface area contributed by atoms with E-state index in [1.54, 1.807) is 24.3 Å². The van der Waals surface area contributed by atoms with Gasteiger partial charge in [0.05, 0.1) is 13.0 Å². The number of amides is 2. The van der Waals surface area contributed by atoms with Crippen molar-refractivity contribution in [2.75, 3.05) is 13.2 Å². The lowest BCUT2D eigenvalue weighted by atomic mass is 10.1. The van der Waals surface area contributed by atoms with Crippen molar-refractivity contribution in [3.63, 3.8) is 0 Å². The largest absolute Gasteiger partial charge is 0.491 e. The number of carboxylic acid groups (broad SMARTS) is 1. The molecule has 6 nitrogen and oxygen atoms in total. The molecule has 1 aromatic rings. The second kappa shape index (κ2) is 6.18. The van der Waals surface area contributed by atoms with E-state index in [0.717, 1.165) is 0 Å². The van der Waals surface area contributed by atoms with E-state index in [1.807, 2.05) is 0 Å². The molecule has 0 radical (unpaired) electrons. The quantitative estimate of drug-likeness (QED) is 0.779. The SMILES string of the molecule is O=C(O)Cc1ccccc1OCCN1C(=O)CCC1=O. The Morgan fingerprint density at radius 3 is 2.50 bits per heavy atom. The number of carboxylic acids is 1. The molecule has 0 aliphatic carbocycles. The third-order valence-electron chi connectivity index (χ3n) is 3.04. The fourth-order valence-corrected chi connectivity index (χ4v) is 2.07. The van der Waals surface area contributed by atoms with Crippen LogP contribution in [0.4, 0.5) is 0 Å². The second-order valence-electron chi connectivity index (χ2n) is 4.47. The minimum absolute atomic E-state index is 0.127. The van der Waals surface area contributed by atoms with E-state index < -0.39 is 5.97 Å². The average Bonchev–Trinajstić information content (AvgIpc) is 2.71. The molecule has 20 heavy (non-hydrogen) atoms. The Kier molecular flexibility index (Phi) is 4.34. The Labute approximate surface area is 115 Å². The number of carbonyl (C=O) groups is 3. The fraction of sp³-hybridized carbons (Fsp3) is 0.357. The van der Waals surface area contributed by atoms with Crippen molar-refractivity contribution in [2.24, 2.45) is 0 Å². The van der Waals surface area contributed by atoms with Crippen molar-refractivity contribution in [2.45, 2.75) is 19.3 Å². The third kappa shape index (κ3) is 3.34. The van der Waals surface area contributed by atoms with Gasteiger partial charge in [-0.15, -0.1) is 0 Å². The molecule has 0 aromatic heterocycles. The molecule has 2 rings (SSSR count). The van der Waals surface area contributed by atoms with E-state index in [0.29, 0.717) is 11.3 Å². The molecule has 1 fully saturated rings. The standard InChI is InChI=1S/C14H15NO5/c16-12-5-6-13(17)15(12)7-8-20-11-4-2-1-3-10(11)9-14(18)19/h1-4H,5-9H2,(H,18,19). The number of para-hydroxylation sites is 1. The first-order valence-corrected chi connectivity index (χ1v) is 6.33. The predicted molar refractivity (Wildman–Crippen MR) is 69.2 cm³/mol. The highest BCUT2D eigenvalue weighted by Gasteiger charge is 2.28. The summed E-state index contributed by atoms with van der Waals surface area (Å²) in [4.78, 5) is 34.7. The zero-order valence-electron chi connectivity index (χ0n) is 10.9. The summed E-state index contributed by atoms with van der Waals surface area (Å²) < 4.78 is 5.49. The number of imide groups is 1. The fourth-order valence-electron chi connectivity index (χ4n) is 2.07. The summed E-state index contributed by atoms with van der Waals surface area (Å²) in [7, 11) is 0. The van der Waals surface area contributed by atoms with Crippen LogP contribution in [0.5, 0.6) is 5.75 Å². The average molecular weight is 277 g/mol. The lowest BCUT2D eigenvalue weighted by molar-refractivity contribution is -0.139. The maximum Gasteiger partial charge on any atom is 0.307 e. The summed E-state index contributed by atoms with van der Waals surface area (Å²) >= 11 is 0. The summed E-state index contributed by atoms with van der Waals surface area (Å²) in [5.74, 6) is -0.838. The predicted octanol–water partition coefficient (Wildman–Crippen LogP) is 0.841. The number of aliphatic carboxylic acids is 1. The molecule has 0 atom stereocenters. The summed E-state index contributed by atoms with van der Waals surface area (Å²) in [6, 6.07) is 6.83. The monoisotopic (exact) mass is 277 g/mol. The van der Waals surface area contributed by atoms with Crippen LogP contribution in [0, 0.1) is 0 Å². The van der Waals surface area contributed by atoms with Crippen molar-refractivity contribution in [1.82, 2.24) is 4.90 Å². The number of benzene rings is 1. The van der Waals surface area contributed by atoms with Gasteiger partial charge in [-0.1, -0.05) is 18.2 Å². The van der Waals surface area contributed by atoms with Crippen molar-refractivity contribution in [3.8, 4) is 5.75 Å². The van der Waals surface area contributed by atoms with E-state index in [4.69, 9.17) is 9.84 Å². The van der Waals surface area contributed by atoms with E-state index in [-0.39, 0.29) is 44.2 Å². The zero-order valence-corrected chi connectivity index (χ0v) is 10.9. The molecular weight excluding hydrogens is 262 g/mol. The van der Waals surface area contributed by atoms with Crippen molar-refractivity contribution < 1.29 is 24.2 Å². The molecule has 1 aliphatic rings. The van der Waals surface area contributed by atoms with E-state index in [1.165, 1.54) is 4.90 Å². The van der Waals surface area contributed by atoms with Gasteiger partial charge < -0.3 is 9.84 Å². The molecule has 6 heteroatoms. The van der Waals surface area contributed by atoms with Gasteiger partial charge >= 0.3 is 5.97 Å². The summed E-state index contributed by atoms with van der Waals surface area (Å²) in [6.07, 6.45) is 0.390. The number of hydrogen-bond donors (Lipinski definition) is 1. The lowest BCUT2D eigenvalue weighted by Crippen LogP contribution is -2.33. The molecule has 1 aromatic carbocycles. The molecule has 1 aliphatic heterocycles. The third-order valence-corrected chi connectivity index (χ3v) is 3.04. The Balaban J connectivity index is 1.92. The Bertz CT molecular complexity index is 524. The lowest BCUT2D eigenvalue weighted by Gasteiger charge is -2.15. The van der Waals surface area contributed by atoms with Crippen LogP contribution < -0.4 is 4.74 Å². The second-order valence-corrected chi connectivity index (χ2v) is 4.47. The van der Waals surface area contributed by atoms with Gasteiger partial charge in [-0.25, -0.2) is 0 Å².